The Labute approximate surface area is 147 Å². The lowest BCUT2D eigenvalue weighted by Gasteiger charge is -2.10. The Morgan fingerprint density at radius 2 is 1.88 bits per heavy atom. The molecule has 0 fully saturated rings. The third-order valence-electron chi connectivity index (χ3n) is 4.75. The van der Waals surface area contributed by atoms with Crippen LogP contribution in [0.1, 0.15) is 31.7 Å². The monoisotopic (exact) mass is 332 g/mol. The van der Waals surface area contributed by atoms with Gasteiger partial charge in [-0.3, -0.25) is 0 Å². The summed E-state index contributed by atoms with van der Waals surface area (Å²) in [6.45, 7) is 4.01. The summed E-state index contributed by atoms with van der Waals surface area (Å²) in [6.07, 6.45) is 5.74. The topological polar surface area (TPSA) is 45.6 Å². The van der Waals surface area contributed by atoms with Crippen molar-refractivity contribution in [2.45, 2.75) is 39.3 Å². The van der Waals surface area contributed by atoms with Gasteiger partial charge in [0.2, 0.25) is 5.95 Å². The number of nitrogens with one attached hydrogen (secondary N) is 2. The van der Waals surface area contributed by atoms with Gasteiger partial charge in [0, 0.05) is 30.2 Å². The van der Waals surface area contributed by atoms with Gasteiger partial charge in [-0.1, -0.05) is 50.1 Å². The number of unbranched alkanes of at least 4 members (excludes halogenated alkanes) is 2. The molecule has 0 atom stereocenters. The molecule has 4 rings (SSSR count). The Kier molecular flexibility index (Phi) is 4.42. The Bertz CT molecular complexity index is 980. The average molecular weight is 332 g/mol. The van der Waals surface area contributed by atoms with Crippen LogP contribution in [-0.2, 0) is 13.1 Å². The van der Waals surface area contributed by atoms with E-state index in [0.717, 1.165) is 24.6 Å². The number of fused-ring (bicyclic) bond motifs is 2. The number of benzene rings is 2. The van der Waals surface area contributed by atoms with E-state index in [0.29, 0.717) is 0 Å². The maximum Gasteiger partial charge on any atom is 0.204 e. The zero-order valence-corrected chi connectivity index (χ0v) is 14.6. The molecule has 0 unspecified atom stereocenters. The minimum atomic E-state index is 0.765. The van der Waals surface area contributed by atoms with Crippen molar-refractivity contribution in [3.05, 3.63) is 60.3 Å². The molecule has 4 nitrogen and oxygen atoms in total. The van der Waals surface area contributed by atoms with E-state index in [2.05, 4.69) is 76.5 Å². The molecular weight excluding hydrogens is 308 g/mol. The quantitative estimate of drug-likeness (QED) is 0.450. The molecule has 0 radical (unpaired) electrons. The van der Waals surface area contributed by atoms with Crippen molar-refractivity contribution in [2.75, 3.05) is 5.32 Å². The molecule has 0 saturated heterocycles. The van der Waals surface area contributed by atoms with Crippen LogP contribution in [-0.4, -0.2) is 14.5 Å². The number of aromatic nitrogens is 3. The Balaban J connectivity index is 1.60. The second-order valence-corrected chi connectivity index (χ2v) is 6.50. The smallest absolute Gasteiger partial charge is 0.204 e. The first kappa shape index (κ1) is 15.8. The van der Waals surface area contributed by atoms with Crippen LogP contribution < -0.4 is 5.32 Å². The molecule has 128 valence electrons. The van der Waals surface area contributed by atoms with Crippen LogP contribution >= 0.6 is 0 Å². The van der Waals surface area contributed by atoms with E-state index in [1.807, 2.05) is 0 Å². The van der Waals surface area contributed by atoms with Crippen LogP contribution in [0.15, 0.2) is 54.7 Å². The molecule has 2 aromatic heterocycles. The first-order chi connectivity index (χ1) is 12.4. The van der Waals surface area contributed by atoms with E-state index in [4.69, 9.17) is 4.98 Å². The fraction of sp³-hybridized carbons (Fsp3) is 0.286. The molecule has 2 N–H and O–H groups in total. The van der Waals surface area contributed by atoms with Crippen molar-refractivity contribution in [3.8, 4) is 0 Å². The van der Waals surface area contributed by atoms with E-state index >= 15 is 0 Å². The maximum atomic E-state index is 4.81. The van der Waals surface area contributed by atoms with Gasteiger partial charge in [-0.15, -0.1) is 0 Å². The maximum absolute atomic E-state index is 4.81. The van der Waals surface area contributed by atoms with Gasteiger partial charge in [0.25, 0.3) is 0 Å². The molecule has 2 heterocycles. The Morgan fingerprint density at radius 1 is 1.04 bits per heavy atom. The number of H-pyrrole nitrogens is 1. The summed E-state index contributed by atoms with van der Waals surface area (Å²) >= 11 is 0. The highest BCUT2D eigenvalue weighted by Gasteiger charge is 2.11. The highest BCUT2D eigenvalue weighted by Crippen LogP contribution is 2.23. The van der Waals surface area contributed by atoms with Gasteiger partial charge in [0.15, 0.2) is 0 Å². The first-order valence-corrected chi connectivity index (χ1v) is 9.11. The number of aryl methyl sites for hydroxylation is 1. The second-order valence-electron chi connectivity index (χ2n) is 6.50. The lowest BCUT2D eigenvalue weighted by Crippen LogP contribution is -2.08. The van der Waals surface area contributed by atoms with Crippen molar-refractivity contribution in [1.82, 2.24) is 14.5 Å². The van der Waals surface area contributed by atoms with Crippen molar-refractivity contribution in [3.63, 3.8) is 0 Å². The molecule has 4 heteroatoms. The molecule has 0 aliphatic carbocycles. The van der Waals surface area contributed by atoms with Crippen molar-refractivity contribution >= 4 is 27.9 Å². The summed E-state index contributed by atoms with van der Waals surface area (Å²) in [5.74, 6) is 0.961. The van der Waals surface area contributed by atoms with E-state index in [-0.39, 0.29) is 0 Å². The van der Waals surface area contributed by atoms with Crippen LogP contribution in [0.3, 0.4) is 0 Å². The van der Waals surface area contributed by atoms with Crippen LogP contribution in [0.25, 0.3) is 21.9 Å². The van der Waals surface area contributed by atoms with Gasteiger partial charge in [-0.25, -0.2) is 4.98 Å². The third-order valence-corrected chi connectivity index (χ3v) is 4.75. The second kappa shape index (κ2) is 7.01. The average Bonchev–Trinajstić information content (AvgIpc) is 3.22. The highest BCUT2D eigenvalue weighted by molar-refractivity contribution is 5.83. The minimum absolute atomic E-state index is 0.765. The summed E-state index contributed by atoms with van der Waals surface area (Å²) in [6, 6.07) is 16.8. The molecule has 2 aromatic carbocycles. The normalized spacial score (nSPS) is 11.4. The number of rotatable bonds is 7. The Hall–Kier alpha value is -2.75. The fourth-order valence-corrected chi connectivity index (χ4v) is 3.41. The van der Waals surface area contributed by atoms with Crippen molar-refractivity contribution < 1.29 is 0 Å². The van der Waals surface area contributed by atoms with Gasteiger partial charge < -0.3 is 14.9 Å². The molecule has 0 aliphatic heterocycles. The first-order valence-electron chi connectivity index (χ1n) is 9.11. The SMILES string of the molecule is CCCCCn1c(NCc2c[nH]c3ccccc23)nc2ccccc21. The number of aromatic amines is 1. The van der Waals surface area contributed by atoms with E-state index in [1.165, 1.54) is 41.2 Å². The highest BCUT2D eigenvalue weighted by atomic mass is 15.2. The summed E-state index contributed by atoms with van der Waals surface area (Å²) < 4.78 is 2.32. The van der Waals surface area contributed by atoms with Gasteiger partial charge in [0.1, 0.15) is 0 Å². The molecule has 0 spiro atoms. The molecule has 0 amide bonds. The Morgan fingerprint density at radius 3 is 2.80 bits per heavy atom. The van der Waals surface area contributed by atoms with Crippen LogP contribution in [0, 0.1) is 0 Å². The fourth-order valence-electron chi connectivity index (χ4n) is 3.41. The molecule has 4 aromatic rings. The lowest BCUT2D eigenvalue weighted by molar-refractivity contribution is 0.616. The predicted octanol–water partition coefficient (Wildman–Crippen LogP) is 5.32. The van der Waals surface area contributed by atoms with Crippen LogP contribution in [0.5, 0.6) is 0 Å². The number of anilines is 1. The number of hydrogen-bond donors (Lipinski definition) is 2. The van der Waals surface area contributed by atoms with E-state index in [1.54, 1.807) is 0 Å². The molecule has 0 bridgehead atoms. The largest absolute Gasteiger partial charge is 0.361 e. The van der Waals surface area contributed by atoms with Crippen molar-refractivity contribution in [2.24, 2.45) is 0 Å². The zero-order valence-electron chi connectivity index (χ0n) is 14.6. The van der Waals surface area contributed by atoms with Crippen LogP contribution in [0.4, 0.5) is 5.95 Å². The molecular formula is C21H24N4. The standard InChI is InChI=1S/C21H24N4/c1-2-3-8-13-25-20-12-7-6-11-19(20)24-21(25)23-15-16-14-22-18-10-5-4-9-17(16)18/h4-7,9-12,14,22H,2-3,8,13,15H2,1H3,(H,23,24). The molecule has 0 aliphatic rings. The van der Waals surface area contributed by atoms with Crippen LogP contribution in [0.2, 0.25) is 0 Å². The van der Waals surface area contributed by atoms with E-state index in [9.17, 15) is 0 Å². The summed E-state index contributed by atoms with van der Waals surface area (Å²) in [7, 11) is 0. The predicted molar refractivity (Wildman–Crippen MR) is 105 cm³/mol. The number of hydrogen-bond acceptors (Lipinski definition) is 2. The van der Waals surface area contributed by atoms with Gasteiger partial charge in [-0.05, 0) is 30.2 Å². The number of para-hydroxylation sites is 3. The summed E-state index contributed by atoms with van der Waals surface area (Å²) in [5, 5.41) is 4.82. The number of imidazole rings is 1. The summed E-state index contributed by atoms with van der Waals surface area (Å²) in [5.41, 5.74) is 4.71. The third kappa shape index (κ3) is 3.12. The van der Waals surface area contributed by atoms with Crippen molar-refractivity contribution in [1.29, 1.82) is 0 Å². The minimum Gasteiger partial charge on any atom is -0.361 e. The van der Waals surface area contributed by atoms with Gasteiger partial charge in [-0.2, -0.15) is 0 Å². The van der Waals surface area contributed by atoms with Gasteiger partial charge >= 0.3 is 0 Å². The lowest BCUT2D eigenvalue weighted by atomic mass is 10.2. The summed E-state index contributed by atoms with van der Waals surface area (Å²) in [4.78, 5) is 8.15. The zero-order chi connectivity index (χ0) is 17.1. The molecule has 0 saturated carbocycles. The van der Waals surface area contributed by atoms with Gasteiger partial charge in [0.05, 0.1) is 11.0 Å². The van der Waals surface area contributed by atoms with E-state index < -0.39 is 0 Å². The molecule has 25 heavy (non-hydrogen) atoms. The number of nitrogens with zero attached hydrogens (tertiary/aromatic N) is 2.